The molecule has 0 spiro atoms. The Morgan fingerprint density at radius 3 is 2.45 bits per heavy atom. The van der Waals surface area contributed by atoms with Crippen molar-refractivity contribution < 1.29 is 14.3 Å². The number of benzene rings is 1. The highest BCUT2D eigenvalue weighted by atomic mass is 16.5. The van der Waals surface area contributed by atoms with Crippen LogP contribution in [0, 0.1) is 5.41 Å². The molecule has 0 unspecified atom stereocenters. The zero-order valence-electron chi connectivity index (χ0n) is 13.7. The van der Waals surface area contributed by atoms with Gasteiger partial charge in [0.05, 0.1) is 14.2 Å². The molecule has 0 saturated heterocycles. The minimum Gasteiger partial charge on any atom is -0.493 e. The standard InChI is InChI=1S/C18H23NO3/c1-12-9-18(2,3)10-15(20)14(12)11-19-13-6-7-16(21-4)17(8-13)22-5/h6-8,11,19H,1,9-10H2,2-5H3/b14-11-. The summed E-state index contributed by atoms with van der Waals surface area (Å²) in [5.41, 5.74) is 2.38. The van der Waals surface area contributed by atoms with Gasteiger partial charge in [-0.25, -0.2) is 0 Å². The molecule has 118 valence electrons. The number of carbonyl (C=O) groups excluding carboxylic acids is 1. The first-order chi connectivity index (χ1) is 10.4. The summed E-state index contributed by atoms with van der Waals surface area (Å²) in [6, 6.07) is 5.52. The molecule has 0 atom stereocenters. The minimum absolute atomic E-state index is 0.00512. The third-order valence-electron chi connectivity index (χ3n) is 3.78. The molecule has 1 N–H and O–H groups in total. The largest absolute Gasteiger partial charge is 0.493 e. The fraction of sp³-hybridized carbons (Fsp3) is 0.389. The van der Waals surface area contributed by atoms with Gasteiger partial charge in [0.1, 0.15) is 0 Å². The van der Waals surface area contributed by atoms with Crippen molar-refractivity contribution in [3.8, 4) is 11.5 Å². The van der Waals surface area contributed by atoms with Crippen LogP contribution in [0.3, 0.4) is 0 Å². The topological polar surface area (TPSA) is 47.6 Å². The summed E-state index contributed by atoms with van der Waals surface area (Å²) in [6.45, 7) is 8.23. The number of rotatable bonds is 4. The van der Waals surface area contributed by atoms with E-state index in [1.807, 2.05) is 18.2 Å². The van der Waals surface area contributed by atoms with Crippen LogP contribution in [-0.4, -0.2) is 20.0 Å². The Balaban J connectivity index is 2.18. The van der Waals surface area contributed by atoms with Gasteiger partial charge in [-0.05, 0) is 29.5 Å². The first kappa shape index (κ1) is 16.1. The number of methoxy groups -OCH3 is 2. The van der Waals surface area contributed by atoms with E-state index in [0.717, 1.165) is 17.7 Å². The van der Waals surface area contributed by atoms with Gasteiger partial charge in [0.15, 0.2) is 17.3 Å². The zero-order chi connectivity index (χ0) is 16.3. The van der Waals surface area contributed by atoms with E-state index in [2.05, 4.69) is 25.7 Å². The molecule has 0 bridgehead atoms. The molecule has 0 amide bonds. The molecule has 1 aliphatic carbocycles. The first-order valence-electron chi connectivity index (χ1n) is 7.26. The quantitative estimate of drug-likeness (QED) is 0.856. The van der Waals surface area contributed by atoms with E-state index >= 15 is 0 Å². The molecule has 2 rings (SSSR count). The van der Waals surface area contributed by atoms with Gasteiger partial charge in [-0.15, -0.1) is 0 Å². The molecule has 4 nitrogen and oxygen atoms in total. The highest BCUT2D eigenvalue weighted by molar-refractivity contribution is 6.01. The van der Waals surface area contributed by atoms with Crippen LogP contribution in [0.1, 0.15) is 26.7 Å². The summed E-state index contributed by atoms with van der Waals surface area (Å²) >= 11 is 0. The Bertz CT molecular complexity index is 607. The predicted octanol–water partition coefficient (Wildman–Crippen LogP) is 3.94. The molecular formula is C18H23NO3. The number of Topliss-reactive ketones (excluding diaryl/α,β-unsaturated/α-hetero) is 1. The van der Waals surface area contributed by atoms with E-state index in [9.17, 15) is 4.79 Å². The van der Waals surface area contributed by atoms with Crippen LogP contribution in [0.15, 0.2) is 42.1 Å². The Morgan fingerprint density at radius 2 is 1.86 bits per heavy atom. The van der Waals surface area contributed by atoms with Gasteiger partial charge < -0.3 is 14.8 Å². The molecule has 1 saturated carbocycles. The minimum atomic E-state index is -0.00512. The molecule has 4 heteroatoms. The third-order valence-corrected chi connectivity index (χ3v) is 3.78. The second-order valence-corrected chi connectivity index (χ2v) is 6.32. The van der Waals surface area contributed by atoms with Gasteiger partial charge in [-0.1, -0.05) is 20.4 Å². The zero-order valence-corrected chi connectivity index (χ0v) is 13.7. The summed E-state index contributed by atoms with van der Waals surface area (Å²) in [5.74, 6) is 1.44. The maximum absolute atomic E-state index is 12.3. The summed E-state index contributed by atoms with van der Waals surface area (Å²) in [5, 5.41) is 3.15. The van der Waals surface area contributed by atoms with Gasteiger partial charge >= 0.3 is 0 Å². The lowest BCUT2D eigenvalue weighted by molar-refractivity contribution is -0.118. The Labute approximate surface area is 131 Å². The molecule has 1 aromatic carbocycles. The molecule has 1 aromatic rings. The Kier molecular flexibility index (Phi) is 4.59. The van der Waals surface area contributed by atoms with Gasteiger partial charge in [-0.2, -0.15) is 0 Å². The van der Waals surface area contributed by atoms with Crippen molar-refractivity contribution in [2.45, 2.75) is 26.7 Å². The highest BCUT2D eigenvalue weighted by Gasteiger charge is 2.31. The second kappa shape index (κ2) is 6.26. The van der Waals surface area contributed by atoms with Crippen molar-refractivity contribution in [3.63, 3.8) is 0 Å². The smallest absolute Gasteiger partial charge is 0.165 e. The van der Waals surface area contributed by atoms with Gasteiger partial charge in [-0.3, -0.25) is 4.79 Å². The van der Waals surface area contributed by atoms with E-state index in [-0.39, 0.29) is 11.2 Å². The van der Waals surface area contributed by atoms with Crippen molar-refractivity contribution in [2.75, 3.05) is 19.5 Å². The average molecular weight is 301 g/mol. The Morgan fingerprint density at radius 1 is 1.18 bits per heavy atom. The van der Waals surface area contributed by atoms with Crippen molar-refractivity contribution in [3.05, 3.63) is 42.1 Å². The van der Waals surface area contributed by atoms with Crippen molar-refractivity contribution >= 4 is 11.5 Å². The summed E-state index contributed by atoms with van der Waals surface area (Å²) in [6.07, 6.45) is 3.12. The summed E-state index contributed by atoms with van der Waals surface area (Å²) < 4.78 is 10.5. The summed E-state index contributed by atoms with van der Waals surface area (Å²) in [4.78, 5) is 12.3. The third kappa shape index (κ3) is 3.50. The van der Waals surface area contributed by atoms with E-state index in [0.29, 0.717) is 23.5 Å². The molecule has 0 aromatic heterocycles. The average Bonchev–Trinajstić information content (AvgIpc) is 2.44. The van der Waals surface area contributed by atoms with Crippen LogP contribution in [0.25, 0.3) is 0 Å². The predicted molar refractivity (Wildman–Crippen MR) is 88.4 cm³/mol. The molecule has 22 heavy (non-hydrogen) atoms. The van der Waals surface area contributed by atoms with Crippen molar-refractivity contribution in [1.82, 2.24) is 0 Å². The molecule has 1 fully saturated rings. The van der Waals surface area contributed by atoms with Crippen LogP contribution < -0.4 is 14.8 Å². The molecule has 0 heterocycles. The lowest BCUT2D eigenvalue weighted by Crippen LogP contribution is -2.26. The molecule has 1 aliphatic rings. The second-order valence-electron chi connectivity index (χ2n) is 6.32. The number of carbonyl (C=O) groups is 1. The number of allylic oxidation sites excluding steroid dienone is 2. The lowest BCUT2D eigenvalue weighted by atomic mass is 9.73. The monoisotopic (exact) mass is 301 g/mol. The number of hydrogen-bond donors (Lipinski definition) is 1. The van der Waals surface area contributed by atoms with Crippen LogP contribution in [0.4, 0.5) is 5.69 Å². The molecule has 0 aliphatic heterocycles. The van der Waals surface area contributed by atoms with Crippen LogP contribution in [0.2, 0.25) is 0 Å². The summed E-state index contributed by atoms with van der Waals surface area (Å²) in [7, 11) is 3.19. The SMILES string of the molecule is C=C1CC(C)(C)CC(=O)/C1=C\Nc1ccc(OC)c(OC)c1. The van der Waals surface area contributed by atoms with Crippen molar-refractivity contribution in [2.24, 2.45) is 5.41 Å². The number of nitrogens with one attached hydrogen (secondary N) is 1. The van der Waals surface area contributed by atoms with Crippen LogP contribution >= 0.6 is 0 Å². The normalized spacial score (nSPS) is 19.2. The fourth-order valence-electron chi connectivity index (χ4n) is 2.73. The van der Waals surface area contributed by atoms with Crippen molar-refractivity contribution in [1.29, 1.82) is 0 Å². The number of hydrogen-bond acceptors (Lipinski definition) is 4. The number of ketones is 1. The maximum Gasteiger partial charge on any atom is 0.165 e. The molecule has 0 radical (unpaired) electrons. The lowest BCUT2D eigenvalue weighted by Gasteiger charge is -2.31. The van der Waals surface area contributed by atoms with Gasteiger partial charge in [0.25, 0.3) is 0 Å². The highest BCUT2D eigenvalue weighted by Crippen LogP contribution is 2.38. The maximum atomic E-state index is 12.3. The van der Waals surface area contributed by atoms with E-state index in [1.165, 1.54) is 0 Å². The van der Waals surface area contributed by atoms with Crippen LogP contribution in [0.5, 0.6) is 11.5 Å². The van der Waals surface area contributed by atoms with Gasteiger partial charge in [0, 0.05) is 29.9 Å². The van der Waals surface area contributed by atoms with Crippen LogP contribution in [-0.2, 0) is 4.79 Å². The van der Waals surface area contributed by atoms with E-state index in [1.54, 1.807) is 20.4 Å². The van der Waals surface area contributed by atoms with E-state index < -0.39 is 0 Å². The Hall–Kier alpha value is -2.23. The van der Waals surface area contributed by atoms with E-state index in [4.69, 9.17) is 9.47 Å². The fourth-order valence-corrected chi connectivity index (χ4v) is 2.73. The molecular weight excluding hydrogens is 278 g/mol. The number of anilines is 1. The first-order valence-corrected chi connectivity index (χ1v) is 7.26. The number of ether oxygens (including phenoxy) is 2. The van der Waals surface area contributed by atoms with Gasteiger partial charge in [0.2, 0.25) is 0 Å².